The van der Waals surface area contributed by atoms with Gasteiger partial charge in [-0.3, -0.25) is 0 Å². The summed E-state index contributed by atoms with van der Waals surface area (Å²) in [4.78, 5) is 8.39. The van der Waals surface area contributed by atoms with Crippen molar-refractivity contribution in [2.75, 3.05) is 14.2 Å². The number of ether oxygens (including phenoxy) is 2. The van der Waals surface area contributed by atoms with Gasteiger partial charge in [-0.05, 0) is 48.7 Å². The molecule has 1 aromatic carbocycles. The first-order chi connectivity index (χ1) is 15.1. The molecule has 4 aromatic rings. The SMILES string of the molecule is COc1ncc(-c2cc(-n3ccc(Cc4ccc(C#N)cc4)c3)c(C)nn2)c(OC)n1. The molecule has 0 fully saturated rings. The van der Waals surface area contributed by atoms with Crippen LogP contribution in [0, 0.1) is 18.3 Å². The second-order valence-corrected chi connectivity index (χ2v) is 6.89. The number of benzene rings is 1. The van der Waals surface area contributed by atoms with Gasteiger partial charge in [0.25, 0.3) is 0 Å². The molecule has 0 atom stereocenters. The Hall–Kier alpha value is -4.25. The molecule has 0 spiro atoms. The Bertz CT molecular complexity index is 1260. The van der Waals surface area contributed by atoms with Crippen LogP contribution in [0.2, 0.25) is 0 Å². The van der Waals surface area contributed by atoms with E-state index in [0.29, 0.717) is 22.7 Å². The predicted octanol–water partition coefficient (Wildman–Crippen LogP) is 3.51. The molecule has 3 aromatic heterocycles. The van der Waals surface area contributed by atoms with E-state index in [1.54, 1.807) is 6.20 Å². The lowest BCUT2D eigenvalue weighted by atomic mass is 10.1. The van der Waals surface area contributed by atoms with Crippen molar-refractivity contribution in [1.82, 2.24) is 24.7 Å². The third kappa shape index (κ3) is 4.21. The normalized spacial score (nSPS) is 10.5. The quantitative estimate of drug-likeness (QED) is 0.478. The molecule has 0 aliphatic rings. The van der Waals surface area contributed by atoms with E-state index < -0.39 is 0 Å². The number of methoxy groups -OCH3 is 2. The van der Waals surface area contributed by atoms with Gasteiger partial charge in [-0.25, -0.2) is 4.98 Å². The molecule has 0 saturated heterocycles. The minimum Gasteiger partial charge on any atom is -0.480 e. The van der Waals surface area contributed by atoms with Crippen molar-refractivity contribution in [2.24, 2.45) is 0 Å². The van der Waals surface area contributed by atoms with Gasteiger partial charge >= 0.3 is 6.01 Å². The van der Waals surface area contributed by atoms with Crippen LogP contribution in [0.25, 0.3) is 16.9 Å². The number of hydrogen-bond donors (Lipinski definition) is 0. The van der Waals surface area contributed by atoms with E-state index in [1.165, 1.54) is 14.2 Å². The first-order valence-electron chi connectivity index (χ1n) is 9.57. The molecule has 154 valence electrons. The minimum atomic E-state index is 0.221. The summed E-state index contributed by atoms with van der Waals surface area (Å²) in [6.45, 7) is 1.91. The van der Waals surface area contributed by atoms with E-state index >= 15 is 0 Å². The number of aromatic nitrogens is 5. The maximum atomic E-state index is 8.95. The Morgan fingerprint density at radius 1 is 1.03 bits per heavy atom. The van der Waals surface area contributed by atoms with Crippen molar-refractivity contribution in [1.29, 1.82) is 5.26 Å². The highest BCUT2D eigenvalue weighted by atomic mass is 16.5. The maximum Gasteiger partial charge on any atom is 0.319 e. The summed E-state index contributed by atoms with van der Waals surface area (Å²) >= 11 is 0. The van der Waals surface area contributed by atoms with E-state index in [-0.39, 0.29) is 6.01 Å². The molecule has 8 nitrogen and oxygen atoms in total. The smallest absolute Gasteiger partial charge is 0.319 e. The zero-order valence-electron chi connectivity index (χ0n) is 17.4. The number of nitriles is 1. The largest absolute Gasteiger partial charge is 0.480 e. The fourth-order valence-electron chi connectivity index (χ4n) is 3.24. The van der Waals surface area contributed by atoms with Gasteiger partial charge in [0.2, 0.25) is 5.88 Å². The van der Waals surface area contributed by atoms with Crippen LogP contribution in [0.1, 0.15) is 22.4 Å². The lowest BCUT2D eigenvalue weighted by molar-refractivity contribution is 0.353. The molecule has 0 aliphatic carbocycles. The van der Waals surface area contributed by atoms with E-state index in [2.05, 4.69) is 38.5 Å². The molecule has 3 heterocycles. The van der Waals surface area contributed by atoms with E-state index in [4.69, 9.17) is 14.7 Å². The number of nitrogens with zero attached hydrogens (tertiary/aromatic N) is 6. The molecule has 31 heavy (non-hydrogen) atoms. The van der Waals surface area contributed by atoms with Crippen molar-refractivity contribution < 1.29 is 9.47 Å². The van der Waals surface area contributed by atoms with E-state index in [9.17, 15) is 0 Å². The zero-order chi connectivity index (χ0) is 21.8. The first-order valence-corrected chi connectivity index (χ1v) is 9.57. The fourth-order valence-corrected chi connectivity index (χ4v) is 3.24. The van der Waals surface area contributed by atoms with Gasteiger partial charge in [-0.15, -0.1) is 5.10 Å². The van der Waals surface area contributed by atoms with Crippen molar-refractivity contribution in [2.45, 2.75) is 13.3 Å². The van der Waals surface area contributed by atoms with Gasteiger partial charge < -0.3 is 14.0 Å². The predicted molar refractivity (Wildman–Crippen MR) is 114 cm³/mol. The summed E-state index contributed by atoms with van der Waals surface area (Å²) in [5.41, 5.74) is 5.86. The lowest BCUT2D eigenvalue weighted by Gasteiger charge is -2.11. The Labute approximate surface area is 179 Å². The molecule has 0 bridgehead atoms. The fraction of sp³-hybridized carbons (Fsp3) is 0.174. The molecule has 0 N–H and O–H groups in total. The summed E-state index contributed by atoms with van der Waals surface area (Å²) in [6, 6.07) is 14.0. The molecule has 0 radical (unpaired) electrons. The Balaban J connectivity index is 1.64. The van der Waals surface area contributed by atoms with Crippen molar-refractivity contribution in [3.8, 4) is 34.9 Å². The van der Waals surface area contributed by atoms with Gasteiger partial charge in [0.1, 0.15) is 5.69 Å². The lowest BCUT2D eigenvalue weighted by Crippen LogP contribution is -2.03. The van der Waals surface area contributed by atoms with Crippen molar-refractivity contribution >= 4 is 0 Å². The first kappa shape index (κ1) is 20.0. The second kappa shape index (κ2) is 8.63. The van der Waals surface area contributed by atoms with Crippen LogP contribution in [0.4, 0.5) is 0 Å². The minimum absolute atomic E-state index is 0.221. The highest BCUT2D eigenvalue weighted by Gasteiger charge is 2.15. The third-order valence-electron chi connectivity index (χ3n) is 4.86. The summed E-state index contributed by atoms with van der Waals surface area (Å²) in [7, 11) is 3.04. The molecule has 0 aliphatic heterocycles. The zero-order valence-corrected chi connectivity index (χ0v) is 17.4. The van der Waals surface area contributed by atoms with Crippen LogP contribution in [0.15, 0.2) is 55.0 Å². The summed E-state index contributed by atoms with van der Waals surface area (Å²) in [5.74, 6) is 0.366. The van der Waals surface area contributed by atoms with Crippen LogP contribution in [-0.4, -0.2) is 39.0 Å². The molecule has 0 unspecified atom stereocenters. The van der Waals surface area contributed by atoms with Crippen LogP contribution in [0.5, 0.6) is 11.9 Å². The number of rotatable bonds is 6. The maximum absolute atomic E-state index is 8.95. The number of hydrogen-bond acceptors (Lipinski definition) is 7. The molecule has 0 amide bonds. The van der Waals surface area contributed by atoms with E-state index in [0.717, 1.165) is 28.9 Å². The monoisotopic (exact) mass is 412 g/mol. The highest BCUT2D eigenvalue weighted by Crippen LogP contribution is 2.29. The molecule has 4 rings (SSSR count). The molecule has 8 heteroatoms. The average Bonchev–Trinajstić information content (AvgIpc) is 3.27. The van der Waals surface area contributed by atoms with Gasteiger partial charge in [-0.1, -0.05) is 12.1 Å². The summed E-state index contributed by atoms with van der Waals surface area (Å²) in [5, 5.41) is 17.6. The van der Waals surface area contributed by atoms with Gasteiger partial charge in [0.15, 0.2) is 0 Å². The number of aryl methyl sites for hydroxylation is 1. The van der Waals surface area contributed by atoms with Crippen LogP contribution < -0.4 is 9.47 Å². The van der Waals surface area contributed by atoms with Crippen LogP contribution in [-0.2, 0) is 6.42 Å². The summed E-state index contributed by atoms with van der Waals surface area (Å²) in [6.07, 6.45) is 6.44. The second-order valence-electron chi connectivity index (χ2n) is 6.89. The van der Waals surface area contributed by atoms with E-state index in [1.807, 2.05) is 48.0 Å². The summed E-state index contributed by atoms with van der Waals surface area (Å²) < 4.78 is 12.5. The Kier molecular flexibility index (Phi) is 5.58. The Morgan fingerprint density at radius 2 is 1.84 bits per heavy atom. The van der Waals surface area contributed by atoms with Gasteiger partial charge in [0.05, 0.1) is 42.8 Å². The van der Waals surface area contributed by atoms with Gasteiger partial charge in [0, 0.05) is 18.6 Å². The third-order valence-corrected chi connectivity index (χ3v) is 4.86. The highest BCUT2D eigenvalue weighted by molar-refractivity contribution is 5.66. The Morgan fingerprint density at radius 3 is 2.55 bits per heavy atom. The molecule has 0 saturated carbocycles. The average molecular weight is 412 g/mol. The van der Waals surface area contributed by atoms with Crippen LogP contribution >= 0.6 is 0 Å². The molecular formula is C23H20N6O2. The standard InChI is InChI=1S/C23H20N6O2/c1-15-21(11-20(28-27-15)19-13-25-23(31-3)26-22(19)30-2)29-9-8-18(14-29)10-16-4-6-17(12-24)7-5-16/h4-9,11,13-14H,10H2,1-3H3. The molecular weight excluding hydrogens is 392 g/mol. The van der Waals surface area contributed by atoms with Crippen molar-refractivity contribution in [3.63, 3.8) is 0 Å². The van der Waals surface area contributed by atoms with Crippen molar-refractivity contribution in [3.05, 3.63) is 77.4 Å². The topological polar surface area (TPSA) is 98.7 Å². The van der Waals surface area contributed by atoms with Gasteiger partial charge in [-0.2, -0.15) is 15.3 Å². The van der Waals surface area contributed by atoms with Crippen LogP contribution in [0.3, 0.4) is 0 Å².